The van der Waals surface area contributed by atoms with Crippen LogP contribution in [-0.4, -0.2) is 60.0 Å². The minimum atomic E-state index is -0.816. The van der Waals surface area contributed by atoms with E-state index in [2.05, 4.69) is 43.2 Å². The molecule has 1 heterocycles. The molecule has 5 rings (SSSR count). The van der Waals surface area contributed by atoms with Crippen molar-refractivity contribution in [2.24, 2.45) is 0 Å². The number of amides is 2. The second-order valence-electron chi connectivity index (χ2n) is 13.1. The van der Waals surface area contributed by atoms with Gasteiger partial charge in [-0.15, -0.1) is 0 Å². The lowest BCUT2D eigenvalue weighted by molar-refractivity contribution is -0.123. The molecule has 0 bridgehead atoms. The zero-order chi connectivity index (χ0) is 35.6. The van der Waals surface area contributed by atoms with Crippen molar-refractivity contribution in [1.29, 1.82) is 0 Å². The number of aromatic nitrogens is 1. The highest BCUT2D eigenvalue weighted by Gasteiger charge is 2.24. The van der Waals surface area contributed by atoms with Crippen LogP contribution in [0.4, 0.5) is 0 Å². The van der Waals surface area contributed by atoms with Crippen LogP contribution < -0.4 is 20.1 Å². The first-order valence-corrected chi connectivity index (χ1v) is 17.3. The number of pyridine rings is 1. The second kappa shape index (κ2) is 16.9. The van der Waals surface area contributed by atoms with Gasteiger partial charge in [-0.2, -0.15) is 0 Å². The van der Waals surface area contributed by atoms with Gasteiger partial charge < -0.3 is 20.1 Å². The monoisotopic (exact) mass is 672 g/mol. The summed E-state index contributed by atoms with van der Waals surface area (Å²) in [5, 5.41) is 6.89. The minimum Gasteiger partial charge on any atom is -0.496 e. The number of fused-ring (bicyclic) bond motifs is 1. The molecule has 0 saturated heterocycles. The van der Waals surface area contributed by atoms with E-state index in [1.807, 2.05) is 104 Å². The van der Waals surface area contributed by atoms with Gasteiger partial charge in [0, 0.05) is 42.5 Å². The number of rotatable bonds is 15. The van der Waals surface area contributed by atoms with Crippen LogP contribution in [0.25, 0.3) is 22.2 Å². The Kier molecular flexibility index (Phi) is 12.2. The average molecular weight is 673 g/mol. The van der Waals surface area contributed by atoms with Crippen molar-refractivity contribution >= 4 is 22.7 Å². The lowest BCUT2D eigenvalue weighted by atomic mass is 10.0. The third-order valence-electron chi connectivity index (χ3n) is 8.88. The molecule has 0 fully saturated rings. The summed E-state index contributed by atoms with van der Waals surface area (Å²) in [6, 6.07) is 32.8. The Morgan fingerprint density at radius 1 is 0.820 bits per heavy atom. The largest absolute Gasteiger partial charge is 0.496 e. The van der Waals surface area contributed by atoms with Crippen LogP contribution in [0, 0.1) is 6.92 Å². The maximum Gasteiger partial charge on any atom is 0.252 e. The van der Waals surface area contributed by atoms with E-state index < -0.39 is 6.04 Å². The van der Waals surface area contributed by atoms with E-state index in [1.54, 1.807) is 13.2 Å². The summed E-state index contributed by atoms with van der Waals surface area (Å²) in [6.45, 7) is 12.2. The Hall–Kier alpha value is -5.21. The molecule has 2 N–H and O–H groups in total. The first kappa shape index (κ1) is 36.1. The summed E-state index contributed by atoms with van der Waals surface area (Å²) in [5.74, 6) is 0.931. The number of methoxy groups -OCH3 is 1. The fraction of sp³-hybridized carbons (Fsp3) is 0.310. The zero-order valence-corrected chi connectivity index (χ0v) is 29.9. The number of benzene rings is 4. The van der Waals surface area contributed by atoms with Gasteiger partial charge in [0.25, 0.3) is 5.91 Å². The molecule has 8 nitrogen and oxygen atoms in total. The number of hydrogen-bond acceptors (Lipinski definition) is 6. The van der Waals surface area contributed by atoms with Gasteiger partial charge in [-0.1, -0.05) is 60.7 Å². The van der Waals surface area contributed by atoms with Crippen molar-refractivity contribution in [3.05, 3.63) is 125 Å². The third-order valence-corrected chi connectivity index (χ3v) is 8.88. The summed E-state index contributed by atoms with van der Waals surface area (Å²) in [7, 11) is 1.64. The molecule has 2 amide bonds. The first-order chi connectivity index (χ1) is 24.1. The van der Waals surface area contributed by atoms with Crippen molar-refractivity contribution in [2.45, 2.75) is 65.8 Å². The predicted octanol–water partition coefficient (Wildman–Crippen LogP) is 7.37. The molecule has 0 saturated carbocycles. The molecular formula is C42H48N4O4. The fourth-order valence-electron chi connectivity index (χ4n) is 6.24. The van der Waals surface area contributed by atoms with Crippen LogP contribution in [-0.2, 0) is 17.8 Å². The quantitative estimate of drug-likeness (QED) is 0.121. The number of aryl methyl sites for hydroxylation is 1. The second-order valence-corrected chi connectivity index (χ2v) is 13.1. The number of ether oxygens (including phenoxy) is 2. The topological polar surface area (TPSA) is 92.8 Å². The lowest BCUT2D eigenvalue weighted by Crippen LogP contribution is -2.50. The van der Waals surface area contributed by atoms with Crippen molar-refractivity contribution < 1.29 is 19.1 Å². The molecule has 0 aliphatic heterocycles. The lowest BCUT2D eigenvalue weighted by Gasteiger charge is -2.30. The van der Waals surface area contributed by atoms with Crippen LogP contribution in [0.2, 0.25) is 0 Å². The summed E-state index contributed by atoms with van der Waals surface area (Å²) in [5.41, 5.74) is 5.62. The molecule has 1 atom stereocenters. The van der Waals surface area contributed by atoms with Gasteiger partial charge in [0.1, 0.15) is 24.1 Å². The van der Waals surface area contributed by atoms with Gasteiger partial charge >= 0.3 is 0 Å². The van der Waals surface area contributed by atoms with Gasteiger partial charge in [0.05, 0.1) is 23.9 Å². The highest BCUT2D eigenvalue weighted by atomic mass is 16.5. The number of nitrogens with zero attached hydrogens (tertiary/aromatic N) is 2. The van der Waals surface area contributed by atoms with Gasteiger partial charge in [-0.3, -0.25) is 14.5 Å². The molecule has 0 radical (unpaired) electrons. The predicted molar refractivity (Wildman–Crippen MR) is 201 cm³/mol. The SMILES string of the molecule is COc1ccc(-c2cc(C(=O)NC(Cc3ccc(OCc4ccccc4)cc3)C(=O)NCCN(C(C)C)C(C)C)c3ccccc3n2)cc1C. The summed E-state index contributed by atoms with van der Waals surface area (Å²) < 4.78 is 11.4. The fourth-order valence-corrected chi connectivity index (χ4v) is 6.24. The average Bonchev–Trinajstić information content (AvgIpc) is 3.12. The van der Waals surface area contributed by atoms with Gasteiger partial charge in [0.2, 0.25) is 5.91 Å². The van der Waals surface area contributed by atoms with Crippen molar-refractivity contribution in [3.63, 3.8) is 0 Å². The smallest absolute Gasteiger partial charge is 0.252 e. The Morgan fingerprint density at radius 3 is 2.20 bits per heavy atom. The van der Waals surface area contributed by atoms with E-state index in [0.29, 0.717) is 60.4 Å². The van der Waals surface area contributed by atoms with Gasteiger partial charge in [-0.05, 0) is 93.8 Å². The molecule has 1 unspecified atom stereocenters. The molecule has 0 aliphatic carbocycles. The Balaban J connectivity index is 1.39. The molecule has 0 aliphatic rings. The highest BCUT2D eigenvalue weighted by molar-refractivity contribution is 6.08. The first-order valence-electron chi connectivity index (χ1n) is 17.3. The zero-order valence-electron chi connectivity index (χ0n) is 29.9. The molecular weight excluding hydrogens is 624 g/mol. The van der Waals surface area contributed by atoms with E-state index in [0.717, 1.165) is 33.8 Å². The Morgan fingerprint density at radius 2 is 1.52 bits per heavy atom. The minimum absolute atomic E-state index is 0.236. The number of para-hydroxylation sites is 1. The Labute approximate surface area is 295 Å². The van der Waals surface area contributed by atoms with Crippen molar-refractivity contribution in [3.8, 4) is 22.8 Å². The standard InChI is InChI=1S/C42H48N4O4/c1-28(2)46(29(3)4)23-22-43-42(48)39(25-31-16-19-34(20-17-31)50-27-32-12-8-7-9-13-32)45-41(47)36-26-38(44-37-15-11-10-14-35(36)37)33-18-21-40(49-6)30(5)24-33/h7-21,24,26,28-29,39H,22-23,25,27H2,1-6H3,(H,43,48)(H,45,47). The summed E-state index contributed by atoms with van der Waals surface area (Å²) in [4.78, 5) is 35.2. The van der Waals surface area contributed by atoms with E-state index >= 15 is 0 Å². The molecule has 50 heavy (non-hydrogen) atoms. The molecule has 4 aromatic carbocycles. The van der Waals surface area contributed by atoms with Crippen molar-refractivity contribution in [1.82, 2.24) is 20.5 Å². The summed E-state index contributed by atoms with van der Waals surface area (Å²) >= 11 is 0. The van der Waals surface area contributed by atoms with Gasteiger partial charge in [0.15, 0.2) is 0 Å². The number of carbonyl (C=O) groups is 2. The number of hydrogen-bond donors (Lipinski definition) is 2. The number of nitrogens with one attached hydrogen (secondary N) is 2. The van der Waals surface area contributed by atoms with Crippen LogP contribution in [0.1, 0.15) is 54.7 Å². The summed E-state index contributed by atoms with van der Waals surface area (Å²) in [6.07, 6.45) is 0.308. The molecule has 5 aromatic rings. The van der Waals surface area contributed by atoms with E-state index in [1.165, 1.54) is 0 Å². The van der Waals surface area contributed by atoms with E-state index in [4.69, 9.17) is 14.5 Å². The van der Waals surface area contributed by atoms with Crippen LogP contribution >= 0.6 is 0 Å². The van der Waals surface area contributed by atoms with E-state index in [9.17, 15) is 9.59 Å². The number of carbonyl (C=O) groups excluding carboxylic acids is 2. The van der Waals surface area contributed by atoms with Crippen LogP contribution in [0.3, 0.4) is 0 Å². The maximum absolute atomic E-state index is 14.2. The van der Waals surface area contributed by atoms with Crippen LogP contribution in [0.5, 0.6) is 11.5 Å². The molecule has 0 spiro atoms. The van der Waals surface area contributed by atoms with Crippen LogP contribution in [0.15, 0.2) is 103 Å². The maximum atomic E-state index is 14.2. The van der Waals surface area contributed by atoms with E-state index in [-0.39, 0.29) is 11.8 Å². The van der Waals surface area contributed by atoms with Crippen molar-refractivity contribution in [2.75, 3.05) is 20.2 Å². The molecule has 260 valence electrons. The normalized spacial score (nSPS) is 11.9. The molecule has 8 heteroatoms. The third kappa shape index (κ3) is 9.27. The molecule has 1 aromatic heterocycles. The highest BCUT2D eigenvalue weighted by Crippen LogP contribution is 2.29. The Bertz CT molecular complexity index is 1880. The van der Waals surface area contributed by atoms with Gasteiger partial charge in [-0.25, -0.2) is 4.98 Å².